The quantitative estimate of drug-likeness (QED) is 0.929. The Labute approximate surface area is 116 Å². The van der Waals surface area contributed by atoms with Gasteiger partial charge in [-0.05, 0) is 25.1 Å². The molecule has 0 unspecified atom stereocenters. The summed E-state index contributed by atoms with van der Waals surface area (Å²) in [6.07, 6.45) is 0.751. The molecule has 1 N–H and O–H groups in total. The number of aromatic nitrogens is 1. The molecule has 1 atom stereocenters. The molecule has 0 spiro atoms. The highest BCUT2D eigenvalue weighted by molar-refractivity contribution is 5.36. The Balaban J connectivity index is 2.23. The van der Waals surface area contributed by atoms with Gasteiger partial charge in [0.25, 0.3) is 0 Å². The van der Waals surface area contributed by atoms with Gasteiger partial charge in [-0.25, -0.2) is 9.37 Å². The van der Waals surface area contributed by atoms with Crippen molar-refractivity contribution < 1.29 is 14.2 Å². The highest BCUT2D eigenvalue weighted by Crippen LogP contribution is 2.26. The van der Waals surface area contributed by atoms with E-state index in [0.717, 1.165) is 0 Å². The number of halogens is 1. The van der Waals surface area contributed by atoms with Crippen LogP contribution in [0.25, 0.3) is 0 Å². The Bertz CT molecular complexity index is 651. The van der Waals surface area contributed by atoms with Crippen LogP contribution in [-0.4, -0.2) is 10.1 Å². The fourth-order valence-electron chi connectivity index (χ4n) is 1.79. The third-order valence-corrected chi connectivity index (χ3v) is 2.81. The van der Waals surface area contributed by atoms with Crippen LogP contribution in [-0.2, 0) is 6.61 Å². The number of benzene rings is 1. The zero-order valence-corrected chi connectivity index (χ0v) is 10.9. The van der Waals surface area contributed by atoms with Crippen LogP contribution in [0.5, 0.6) is 5.75 Å². The second-order valence-corrected chi connectivity index (χ2v) is 4.27. The number of hydrogen-bond donors (Lipinski definition) is 1. The Morgan fingerprint density at radius 1 is 1.45 bits per heavy atom. The van der Waals surface area contributed by atoms with Crippen LogP contribution in [0.2, 0.25) is 0 Å². The molecule has 0 aliphatic rings. The second kappa shape index (κ2) is 6.13. The van der Waals surface area contributed by atoms with Gasteiger partial charge in [-0.3, -0.25) is 0 Å². The summed E-state index contributed by atoms with van der Waals surface area (Å²) in [5, 5.41) is 18.6. The van der Waals surface area contributed by atoms with Crippen molar-refractivity contribution in [3.8, 4) is 11.8 Å². The van der Waals surface area contributed by atoms with Gasteiger partial charge < -0.3 is 9.84 Å². The van der Waals surface area contributed by atoms with E-state index in [1.807, 2.05) is 6.07 Å². The summed E-state index contributed by atoms with van der Waals surface area (Å²) in [5.41, 5.74) is 1.37. The summed E-state index contributed by atoms with van der Waals surface area (Å²) in [7, 11) is 0. The Hall–Kier alpha value is -2.45. The summed E-state index contributed by atoms with van der Waals surface area (Å²) in [4.78, 5) is 3.92. The molecule has 4 nitrogen and oxygen atoms in total. The van der Waals surface area contributed by atoms with E-state index < -0.39 is 11.9 Å². The van der Waals surface area contributed by atoms with Crippen molar-refractivity contribution in [2.45, 2.75) is 19.6 Å². The Kier molecular flexibility index (Phi) is 4.28. The first kappa shape index (κ1) is 14.0. The van der Waals surface area contributed by atoms with Crippen LogP contribution in [0.4, 0.5) is 4.39 Å². The minimum atomic E-state index is -0.769. The van der Waals surface area contributed by atoms with Crippen LogP contribution in [0.3, 0.4) is 0 Å². The molecule has 0 amide bonds. The van der Waals surface area contributed by atoms with Gasteiger partial charge in [-0.1, -0.05) is 6.07 Å². The number of hydrogen-bond acceptors (Lipinski definition) is 4. The van der Waals surface area contributed by atoms with Crippen molar-refractivity contribution in [3.05, 3.63) is 59.2 Å². The number of aliphatic hydroxyl groups excluding tert-OH is 1. The molecule has 0 bridgehead atoms. The third-order valence-electron chi connectivity index (χ3n) is 2.81. The van der Waals surface area contributed by atoms with Gasteiger partial charge in [-0.15, -0.1) is 0 Å². The number of ether oxygens (including phenoxy) is 1. The van der Waals surface area contributed by atoms with Gasteiger partial charge in [0.05, 0.1) is 6.10 Å². The lowest BCUT2D eigenvalue weighted by atomic mass is 10.1. The van der Waals surface area contributed by atoms with E-state index in [1.165, 1.54) is 24.4 Å². The molecule has 0 saturated carbocycles. The molecule has 2 aromatic rings. The predicted octanol–water partition coefficient (Wildman–Crippen LogP) is 2.72. The molecule has 1 aromatic heterocycles. The fourth-order valence-corrected chi connectivity index (χ4v) is 1.79. The van der Waals surface area contributed by atoms with Crippen LogP contribution in [0, 0.1) is 17.1 Å². The van der Waals surface area contributed by atoms with Gasteiger partial charge in [0.1, 0.15) is 29.9 Å². The highest BCUT2D eigenvalue weighted by atomic mass is 19.1. The Morgan fingerprint density at radius 3 is 2.95 bits per heavy atom. The summed E-state index contributed by atoms with van der Waals surface area (Å²) >= 11 is 0. The van der Waals surface area contributed by atoms with Crippen LogP contribution in [0.1, 0.15) is 29.8 Å². The molecule has 1 aromatic carbocycles. The SMILES string of the molecule is C[C@H](O)c1ccc(F)cc1OCc1cccnc1C#N. The monoisotopic (exact) mass is 272 g/mol. The molecule has 102 valence electrons. The molecule has 20 heavy (non-hydrogen) atoms. The smallest absolute Gasteiger partial charge is 0.147 e. The third kappa shape index (κ3) is 3.11. The summed E-state index contributed by atoms with van der Waals surface area (Å²) in [6, 6.07) is 9.33. The highest BCUT2D eigenvalue weighted by Gasteiger charge is 2.11. The molecular weight excluding hydrogens is 259 g/mol. The molecule has 5 heteroatoms. The molecule has 2 rings (SSSR count). The minimum Gasteiger partial charge on any atom is -0.488 e. The topological polar surface area (TPSA) is 66.1 Å². The molecule has 0 radical (unpaired) electrons. The van der Waals surface area contributed by atoms with Gasteiger partial charge >= 0.3 is 0 Å². The molecule has 0 aliphatic heterocycles. The first-order valence-corrected chi connectivity index (χ1v) is 6.06. The Morgan fingerprint density at radius 2 is 2.25 bits per heavy atom. The number of nitriles is 1. The summed E-state index contributed by atoms with van der Waals surface area (Å²) in [5.74, 6) is -0.191. The summed E-state index contributed by atoms with van der Waals surface area (Å²) in [6.45, 7) is 1.66. The van der Waals surface area contributed by atoms with E-state index in [1.54, 1.807) is 19.1 Å². The van der Waals surface area contributed by atoms with E-state index in [2.05, 4.69) is 4.98 Å². The molecule has 0 aliphatic carbocycles. The first-order chi connectivity index (χ1) is 9.61. The van der Waals surface area contributed by atoms with Crippen molar-refractivity contribution >= 4 is 0 Å². The summed E-state index contributed by atoms with van der Waals surface area (Å²) < 4.78 is 18.8. The molecule has 1 heterocycles. The first-order valence-electron chi connectivity index (χ1n) is 6.06. The van der Waals surface area contributed by atoms with E-state index >= 15 is 0 Å². The maximum atomic E-state index is 13.3. The van der Waals surface area contributed by atoms with E-state index in [9.17, 15) is 9.50 Å². The van der Waals surface area contributed by atoms with Crippen molar-refractivity contribution in [2.24, 2.45) is 0 Å². The largest absolute Gasteiger partial charge is 0.488 e. The molecule has 0 fully saturated rings. The van der Waals surface area contributed by atoms with Crippen molar-refractivity contribution in [1.82, 2.24) is 4.98 Å². The van der Waals surface area contributed by atoms with E-state index in [-0.39, 0.29) is 18.1 Å². The van der Waals surface area contributed by atoms with Crippen molar-refractivity contribution in [1.29, 1.82) is 5.26 Å². The van der Waals surface area contributed by atoms with Crippen LogP contribution >= 0.6 is 0 Å². The predicted molar refractivity (Wildman–Crippen MR) is 70.3 cm³/mol. The maximum Gasteiger partial charge on any atom is 0.147 e. The van der Waals surface area contributed by atoms with Gasteiger partial charge in [0.2, 0.25) is 0 Å². The minimum absolute atomic E-state index is 0.0832. The van der Waals surface area contributed by atoms with Gasteiger partial charge in [0, 0.05) is 23.4 Å². The average molecular weight is 272 g/mol. The van der Waals surface area contributed by atoms with Crippen molar-refractivity contribution in [2.75, 3.05) is 0 Å². The zero-order valence-electron chi connectivity index (χ0n) is 10.9. The van der Waals surface area contributed by atoms with Gasteiger partial charge in [-0.2, -0.15) is 5.26 Å². The number of pyridine rings is 1. The number of nitrogens with zero attached hydrogens (tertiary/aromatic N) is 2. The molecule has 0 saturated heterocycles. The standard InChI is InChI=1S/C15H13FN2O2/c1-10(19)13-5-4-12(16)7-15(13)20-9-11-3-2-6-18-14(11)8-17/h2-7,10,19H,9H2,1H3/t10-/m0/s1. The average Bonchev–Trinajstić information content (AvgIpc) is 2.45. The lowest BCUT2D eigenvalue weighted by molar-refractivity contribution is 0.189. The number of aliphatic hydroxyl groups is 1. The zero-order chi connectivity index (χ0) is 14.5. The number of rotatable bonds is 4. The fraction of sp³-hybridized carbons (Fsp3) is 0.200. The lowest BCUT2D eigenvalue weighted by Gasteiger charge is -2.13. The molecular formula is C15H13FN2O2. The van der Waals surface area contributed by atoms with E-state index in [0.29, 0.717) is 11.1 Å². The lowest BCUT2D eigenvalue weighted by Crippen LogP contribution is -2.03. The van der Waals surface area contributed by atoms with Crippen molar-refractivity contribution in [3.63, 3.8) is 0 Å². The second-order valence-electron chi connectivity index (χ2n) is 4.27. The van der Waals surface area contributed by atoms with Crippen LogP contribution < -0.4 is 4.74 Å². The van der Waals surface area contributed by atoms with E-state index in [4.69, 9.17) is 10.00 Å². The normalized spacial score (nSPS) is 11.7. The van der Waals surface area contributed by atoms with Crippen LogP contribution in [0.15, 0.2) is 36.5 Å². The van der Waals surface area contributed by atoms with Gasteiger partial charge in [0.15, 0.2) is 0 Å². The maximum absolute atomic E-state index is 13.3.